The van der Waals surface area contributed by atoms with Crippen LogP contribution in [0.4, 0.5) is 0 Å². The van der Waals surface area contributed by atoms with Crippen molar-refractivity contribution < 1.29 is 22.4 Å². The minimum Gasteiger partial charge on any atom is -1.00 e. The molecule has 0 aliphatic carbocycles. The Morgan fingerprint density at radius 3 is 1.83 bits per heavy atom. The third kappa shape index (κ3) is 4.39. The highest BCUT2D eigenvalue weighted by molar-refractivity contribution is 5.37. The van der Waals surface area contributed by atoms with E-state index in [-0.39, 0.29) is 12.4 Å². The summed E-state index contributed by atoms with van der Waals surface area (Å²) < 4.78 is 0. The molecule has 0 unspecified atom stereocenters. The molecule has 24 heavy (non-hydrogen) atoms. The van der Waals surface area contributed by atoms with E-state index in [1.54, 1.807) is 4.90 Å². The number of rotatable bonds is 4. The molecule has 2 aromatic rings. The molecule has 1 aliphatic heterocycles. The largest absolute Gasteiger partial charge is 1.00 e. The lowest BCUT2D eigenvalue weighted by Crippen LogP contribution is -3.09. The zero-order chi connectivity index (χ0) is 16.0. The van der Waals surface area contributed by atoms with Gasteiger partial charge in [0.15, 0.2) is 0 Å². The maximum Gasteiger partial charge on any atom is 0.139 e. The molecule has 3 rings (SSSR count). The molecule has 1 saturated heterocycles. The molecule has 0 radical (unpaired) electrons. The minimum atomic E-state index is -1.05. The number of hydrogen-bond donors (Lipinski definition) is 2. The van der Waals surface area contributed by atoms with E-state index >= 15 is 0 Å². The van der Waals surface area contributed by atoms with E-state index < -0.39 is 5.60 Å². The van der Waals surface area contributed by atoms with Crippen LogP contribution in [0, 0.1) is 11.8 Å². The zero-order valence-electron chi connectivity index (χ0n) is 13.8. The van der Waals surface area contributed by atoms with E-state index in [1.165, 1.54) is 25.9 Å². The molecule has 126 valence electrons. The van der Waals surface area contributed by atoms with Crippen LogP contribution >= 0.6 is 0 Å². The highest BCUT2D eigenvalue weighted by Gasteiger charge is 2.30. The Kier molecular flexibility index (Phi) is 6.87. The summed E-state index contributed by atoms with van der Waals surface area (Å²) in [5.41, 5.74) is 0.749. The van der Waals surface area contributed by atoms with Crippen LogP contribution in [-0.4, -0.2) is 24.7 Å². The maximum absolute atomic E-state index is 11.3. The number of likely N-dealkylation sites (tertiary alicyclic amines) is 1. The van der Waals surface area contributed by atoms with Gasteiger partial charge in [0.25, 0.3) is 0 Å². The van der Waals surface area contributed by atoms with Gasteiger partial charge in [-0.15, -0.1) is 0 Å². The predicted molar refractivity (Wildman–Crippen MR) is 93.1 cm³/mol. The number of benzene rings is 2. The van der Waals surface area contributed by atoms with Crippen molar-refractivity contribution in [3.63, 3.8) is 0 Å². The molecule has 1 fully saturated rings. The second kappa shape index (κ2) is 8.89. The predicted octanol–water partition coefficient (Wildman–Crippen LogP) is -1.00. The second-order valence-electron chi connectivity index (χ2n) is 6.26. The molecular formula is C21H24ClNO. The van der Waals surface area contributed by atoms with Crippen LogP contribution in [0.5, 0.6) is 0 Å². The monoisotopic (exact) mass is 341 g/mol. The summed E-state index contributed by atoms with van der Waals surface area (Å²) in [7, 11) is 0. The molecule has 0 amide bonds. The molecule has 2 aromatic carbocycles. The molecule has 0 saturated carbocycles. The van der Waals surface area contributed by atoms with E-state index in [4.69, 9.17) is 0 Å². The first kappa shape index (κ1) is 18.5. The van der Waals surface area contributed by atoms with E-state index in [9.17, 15) is 5.11 Å². The van der Waals surface area contributed by atoms with Gasteiger partial charge in [-0.25, -0.2) is 0 Å². The smallest absolute Gasteiger partial charge is 0.139 e. The highest BCUT2D eigenvalue weighted by Crippen LogP contribution is 2.32. The average Bonchev–Trinajstić information content (AvgIpc) is 3.13. The lowest BCUT2D eigenvalue weighted by molar-refractivity contribution is -0.879. The average molecular weight is 342 g/mol. The molecule has 0 bridgehead atoms. The second-order valence-corrected chi connectivity index (χ2v) is 6.26. The van der Waals surface area contributed by atoms with Gasteiger partial charge in [-0.1, -0.05) is 66.6 Å². The van der Waals surface area contributed by atoms with Crippen LogP contribution in [0.15, 0.2) is 60.7 Å². The van der Waals surface area contributed by atoms with Crippen molar-refractivity contribution in [1.82, 2.24) is 0 Å². The molecular weight excluding hydrogens is 318 g/mol. The fourth-order valence-electron chi connectivity index (χ4n) is 3.23. The van der Waals surface area contributed by atoms with E-state index in [0.717, 1.165) is 17.7 Å². The fourth-order valence-corrected chi connectivity index (χ4v) is 3.23. The zero-order valence-corrected chi connectivity index (χ0v) is 14.6. The summed E-state index contributed by atoms with van der Waals surface area (Å²) in [6.45, 7) is 3.35. The standard InChI is InChI=1S/C21H23NO.ClH/c23-21(19-11-3-1-4-12-19,20-13-5-2-6-14-20)15-7-8-16-22-17-9-10-18-22;/h1-6,11-14,23H,9-10,15-18H2;1H. The summed E-state index contributed by atoms with van der Waals surface area (Å²) in [5, 5.41) is 11.3. The number of nitrogens with one attached hydrogen (secondary N) is 1. The van der Waals surface area contributed by atoms with Gasteiger partial charge in [-0.3, -0.25) is 0 Å². The Hall–Kier alpha value is -1.79. The van der Waals surface area contributed by atoms with Gasteiger partial charge in [0.05, 0.1) is 13.1 Å². The van der Waals surface area contributed by atoms with Crippen LogP contribution in [0.1, 0.15) is 30.4 Å². The van der Waals surface area contributed by atoms with Gasteiger partial charge >= 0.3 is 0 Å². The highest BCUT2D eigenvalue weighted by atomic mass is 35.5. The minimum absolute atomic E-state index is 0. The van der Waals surface area contributed by atoms with Crippen molar-refractivity contribution in [3.8, 4) is 11.8 Å². The molecule has 2 nitrogen and oxygen atoms in total. The van der Waals surface area contributed by atoms with Gasteiger partial charge < -0.3 is 22.4 Å². The third-order valence-electron chi connectivity index (χ3n) is 4.62. The summed E-state index contributed by atoms with van der Waals surface area (Å²) in [6.07, 6.45) is 3.05. The molecule has 0 spiro atoms. The first-order chi connectivity index (χ1) is 11.3. The van der Waals surface area contributed by atoms with Crippen LogP contribution in [0.2, 0.25) is 0 Å². The lowest BCUT2D eigenvalue weighted by Gasteiger charge is -2.27. The van der Waals surface area contributed by atoms with Crippen LogP contribution in [0.25, 0.3) is 0 Å². The molecule has 2 N–H and O–H groups in total. The fraction of sp³-hybridized carbons (Fsp3) is 0.333. The van der Waals surface area contributed by atoms with Crippen molar-refractivity contribution in [2.75, 3.05) is 19.6 Å². The molecule has 0 aromatic heterocycles. The Bertz CT molecular complexity index is 630. The van der Waals surface area contributed by atoms with Crippen molar-refractivity contribution in [2.24, 2.45) is 0 Å². The first-order valence-corrected chi connectivity index (χ1v) is 8.42. The van der Waals surface area contributed by atoms with Crippen LogP contribution in [0.3, 0.4) is 0 Å². The molecule has 0 atom stereocenters. The van der Waals surface area contributed by atoms with Crippen molar-refractivity contribution in [1.29, 1.82) is 0 Å². The van der Waals surface area contributed by atoms with Gasteiger partial charge in [-0.05, 0) is 17.0 Å². The first-order valence-electron chi connectivity index (χ1n) is 8.42. The van der Waals surface area contributed by atoms with Gasteiger partial charge in [0.1, 0.15) is 12.1 Å². The van der Waals surface area contributed by atoms with Gasteiger partial charge in [0, 0.05) is 19.3 Å². The third-order valence-corrected chi connectivity index (χ3v) is 4.62. The maximum atomic E-state index is 11.3. The number of aliphatic hydroxyl groups is 1. The van der Waals surface area contributed by atoms with E-state index in [1.807, 2.05) is 60.7 Å². The molecule has 1 aliphatic rings. The van der Waals surface area contributed by atoms with Gasteiger partial charge in [-0.2, -0.15) is 0 Å². The number of halogens is 1. The van der Waals surface area contributed by atoms with Crippen molar-refractivity contribution in [3.05, 3.63) is 71.8 Å². The lowest BCUT2D eigenvalue weighted by atomic mass is 9.84. The quantitative estimate of drug-likeness (QED) is 0.685. The summed E-state index contributed by atoms with van der Waals surface area (Å²) in [4.78, 5) is 1.57. The van der Waals surface area contributed by atoms with Gasteiger partial charge in [0.2, 0.25) is 0 Å². The van der Waals surface area contributed by atoms with Crippen LogP contribution in [-0.2, 0) is 5.60 Å². The number of hydrogen-bond acceptors (Lipinski definition) is 1. The Balaban J connectivity index is 0.00000208. The normalized spacial score (nSPS) is 14.5. The Labute approximate surface area is 150 Å². The Morgan fingerprint density at radius 2 is 1.33 bits per heavy atom. The van der Waals surface area contributed by atoms with E-state index in [2.05, 4.69) is 11.8 Å². The summed E-state index contributed by atoms with van der Waals surface area (Å²) >= 11 is 0. The van der Waals surface area contributed by atoms with Crippen LogP contribution < -0.4 is 17.3 Å². The Morgan fingerprint density at radius 1 is 0.833 bits per heavy atom. The topological polar surface area (TPSA) is 24.7 Å². The molecule has 1 heterocycles. The van der Waals surface area contributed by atoms with Crippen molar-refractivity contribution >= 4 is 0 Å². The van der Waals surface area contributed by atoms with E-state index in [0.29, 0.717) is 6.42 Å². The number of quaternary nitrogens is 1. The summed E-state index contributed by atoms with van der Waals surface area (Å²) in [6, 6.07) is 19.7. The van der Waals surface area contributed by atoms with Crippen molar-refractivity contribution in [2.45, 2.75) is 24.9 Å². The SMILES string of the molecule is OC(CC#CC[NH+]1CCCC1)(c1ccccc1)c1ccccc1.[Cl-]. The molecule has 3 heteroatoms. The summed E-state index contributed by atoms with van der Waals surface area (Å²) in [5.74, 6) is 6.50.